The fourth-order valence-electron chi connectivity index (χ4n) is 2.30. The normalized spacial score (nSPS) is 23.8. The standard InChI is InChI=1S/C10H13F3N2O3/c11-10(12,13)7(16)14-3-5-15(6-4-14)9(1-2-9)8(17)18/h1-6H2,(H,17,18). The first kappa shape index (κ1) is 13.1. The predicted octanol–water partition coefficient (Wildman–Crippen LogP) is 0.310. The van der Waals surface area contributed by atoms with Gasteiger partial charge in [0.1, 0.15) is 5.54 Å². The van der Waals surface area contributed by atoms with Gasteiger partial charge in [0.25, 0.3) is 0 Å². The minimum Gasteiger partial charge on any atom is -0.480 e. The first-order valence-electron chi connectivity index (χ1n) is 5.62. The number of hydrogen-bond acceptors (Lipinski definition) is 3. The van der Waals surface area contributed by atoms with Crippen LogP contribution in [0.1, 0.15) is 12.8 Å². The Hall–Kier alpha value is -1.31. The second-order valence-electron chi connectivity index (χ2n) is 4.61. The van der Waals surface area contributed by atoms with Crippen molar-refractivity contribution >= 4 is 11.9 Å². The molecule has 1 aliphatic carbocycles. The third-order valence-electron chi connectivity index (χ3n) is 3.54. The zero-order valence-corrected chi connectivity index (χ0v) is 9.53. The van der Waals surface area contributed by atoms with Gasteiger partial charge < -0.3 is 10.0 Å². The number of aliphatic carboxylic acids is 1. The molecule has 2 fully saturated rings. The molecule has 1 saturated carbocycles. The van der Waals surface area contributed by atoms with Crippen LogP contribution in [-0.4, -0.2) is 64.7 Å². The number of carbonyl (C=O) groups is 2. The number of carboxylic acids is 1. The summed E-state index contributed by atoms with van der Waals surface area (Å²) in [6.45, 7) is 0.197. The summed E-state index contributed by atoms with van der Waals surface area (Å²) in [5.74, 6) is -2.78. The van der Waals surface area contributed by atoms with E-state index in [1.807, 2.05) is 0 Å². The quantitative estimate of drug-likeness (QED) is 0.781. The monoisotopic (exact) mass is 266 g/mol. The van der Waals surface area contributed by atoms with Crippen LogP contribution in [-0.2, 0) is 9.59 Å². The summed E-state index contributed by atoms with van der Waals surface area (Å²) in [6, 6.07) is 0. The van der Waals surface area contributed by atoms with Gasteiger partial charge in [-0.25, -0.2) is 0 Å². The number of carboxylic acid groups (broad SMARTS) is 1. The third-order valence-corrected chi connectivity index (χ3v) is 3.54. The van der Waals surface area contributed by atoms with Crippen molar-refractivity contribution in [3.8, 4) is 0 Å². The summed E-state index contributed by atoms with van der Waals surface area (Å²) >= 11 is 0. The smallest absolute Gasteiger partial charge is 0.471 e. The first-order valence-corrected chi connectivity index (χ1v) is 5.62. The minimum atomic E-state index is -4.85. The number of halogens is 3. The van der Waals surface area contributed by atoms with E-state index in [9.17, 15) is 22.8 Å². The Kier molecular flexibility index (Phi) is 3.00. The van der Waals surface area contributed by atoms with E-state index in [4.69, 9.17) is 5.11 Å². The minimum absolute atomic E-state index is 0.0760. The molecule has 2 rings (SSSR count). The van der Waals surface area contributed by atoms with Crippen molar-refractivity contribution in [2.75, 3.05) is 26.2 Å². The van der Waals surface area contributed by atoms with Crippen molar-refractivity contribution in [2.24, 2.45) is 0 Å². The Morgan fingerprint density at radius 2 is 1.56 bits per heavy atom. The number of nitrogens with zero attached hydrogens (tertiary/aromatic N) is 2. The van der Waals surface area contributed by atoms with Crippen LogP contribution < -0.4 is 0 Å². The molecule has 0 aromatic carbocycles. The van der Waals surface area contributed by atoms with Crippen molar-refractivity contribution in [3.63, 3.8) is 0 Å². The van der Waals surface area contributed by atoms with E-state index in [0.29, 0.717) is 12.8 Å². The lowest BCUT2D eigenvalue weighted by atomic mass is 10.2. The lowest BCUT2D eigenvalue weighted by Gasteiger charge is -2.38. The maximum Gasteiger partial charge on any atom is 0.471 e. The Morgan fingerprint density at radius 3 is 1.89 bits per heavy atom. The number of carbonyl (C=O) groups excluding carboxylic acids is 1. The molecule has 0 unspecified atom stereocenters. The highest BCUT2D eigenvalue weighted by Gasteiger charge is 2.56. The number of amides is 1. The summed E-state index contributed by atoms with van der Waals surface area (Å²) in [4.78, 5) is 24.4. The van der Waals surface area contributed by atoms with Crippen LogP contribution >= 0.6 is 0 Å². The van der Waals surface area contributed by atoms with Crippen molar-refractivity contribution in [2.45, 2.75) is 24.6 Å². The Morgan fingerprint density at radius 1 is 1.06 bits per heavy atom. The largest absolute Gasteiger partial charge is 0.480 e. The number of alkyl halides is 3. The summed E-state index contributed by atoms with van der Waals surface area (Å²) < 4.78 is 36.6. The van der Waals surface area contributed by atoms with Gasteiger partial charge in [0.15, 0.2) is 0 Å². The number of rotatable bonds is 2. The third kappa shape index (κ3) is 2.16. The van der Waals surface area contributed by atoms with Crippen molar-refractivity contribution < 1.29 is 27.9 Å². The van der Waals surface area contributed by atoms with Gasteiger partial charge in [0, 0.05) is 26.2 Å². The van der Waals surface area contributed by atoms with Crippen LogP contribution in [0.2, 0.25) is 0 Å². The zero-order chi connectivity index (χ0) is 13.6. The lowest BCUT2D eigenvalue weighted by molar-refractivity contribution is -0.187. The molecule has 0 radical (unpaired) electrons. The molecule has 0 aromatic rings. The Balaban J connectivity index is 1.93. The fraction of sp³-hybridized carbons (Fsp3) is 0.800. The summed E-state index contributed by atoms with van der Waals surface area (Å²) in [7, 11) is 0. The lowest BCUT2D eigenvalue weighted by Crippen LogP contribution is -2.57. The van der Waals surface area contributed by atoms with Gasteiger partial charge >= 0.3 is 18.1 Å². The van der Waals surface area contributed by atoms with E-state index in [-0.39, 0.29) is 26.2 Å². The molecule has 1 N–H and O–H groups in total. The SMILES string of the molecule is O=C(N1CCN(C2(C(=O)O)CC2)CC1)C(F)(F)F. The molecule has 0 spiro atoms. The highest BCUT2D eigenvalue weighted by molar-refractivity contribution is 5.83. The van der Waals surface area contributed by atoms with E-state index >= 15 is 0 Å². The van der Waals surface area contributed by atoms with Crippen LogP contribution in [0.4, 0.5) is 13.2 Å². The molecule has 18 heavy (non-hydrogen) atoms. The summed E-state index contributed by atoms with van der Waals surface area (Å²) in [5, 5.41) is 9.06. The Labute approximate surface area is 101 Å². The second-order valence-corrected chi connectivity index (χ2v) is 4.61. The van der Waals surface area contributed by atoms with Crippen LogP contribution in [0, 0.1) is 0 Å². The van der Waals surface area contributed by atoms with Crippen molar-refractivity contribution in [1.82, 2.24) is 9.80 Å². The van der Waals surface area contributed by atoms with Gasteiger partial charge in [-0.2, -0.15) is 13.2 Å². The molecule has 1 aliphatic heterocycles. The van der Waals surface area contributed by atoms with Crippen LogP contribution in [0.3, 0.4) is 0 Å². The van der Waals surface area contributed by atoms with Gasteiger partial charge in [0.05, 0.1) is 0 Å². The van der Waals surface area contributed by atoms with Crippen LogP contribution in [0.25, 0.3) is 0 Å². The van der Waals surface area contributed by atoms with Gasteiger partial charge in [-0.1, -0.05) is 0 Å². The average molecular weight is 266 g/mol. The zero-order valence-electron chi connectivity index (χ0n) is 9.53. The van der Waals surface area contributed by atoms with E-state index in [0.717, 1.165) is 4.90 Å². The molecule has 0 aromatic heterocycles. The molecule has 0 bridgehead atoms. The van der Waals surface area contributed by atoms with Gasteiger partial charge in [-0.15, -0.1) is 0 Å². The van der Waals surface area contributed by atoms with Gasteiger partial charge in [0.2, 0.25) is 0 Å². The predicted molar refractivity (Wildman–Crippen MR) is 53.8 cm³/mol. The second kappa shape index (κ2) is 4.11. The molecular weight excluding hydrogens is 253 g/mol. The highest BCUT2D eigenvalue weighted by atomic mass is 19.4. The Bertz CT molecular complexity index is 371. The van der Waals surface area contributed by atoms with Crippen LogP contribution in [0.5, 0.6) is 0 Å². The molecule has 5 nitrogen and oxygen atoms in total. The molecule has 0 atom stereocenters. The summed E-state index contributed by atoms with van der Waals surface area (Å²) in [5.41, 5.74) is -0.895. The molecule has 1 heterocycles. The number of piperazine rings is 1. The fourth-order valence-corrected chi connectivity index (χ4v) is 2.30. The molecule has 1 amide bonds. The molecule has 8 heteroatoms. The molecule has 1 saturated heterocycles. The van der Waals surface area contributed by atoms with Gasteiger partial charge in [-0.3, -0.25) is 14.5 Å². The molecule has 2 aliphatic rings. The first-order chi connectivity index (χ1) is 8.27. The maximum atomic E-state index is 12.2. The average Bonchev–Trinajstić information content (AvgIpc) is 3.08. The van der Waals surface area contributed by atoms with E-state index in [1.165, 1.54) is 0 Å². The summed E-state index contributed by atoms with van der Waals surface area (Å²) in [6.07, 6.45) is -3.81. The van der Waals surface area contributed by atoms with Crippen molar-refractivity contribution in [3.05, 3.63) is 0 Å². The van der Waals surface area contributed by atoms with E-state index in [1.54, 1.807) is 4.90 Å². The number of hydrogen-bond donors (Lipinski definition) is 1. The maximum absolute atomic E-state index is 12.2. The van der Waals surface area contributed by atoms with E-state index < -0.39 is 23.6 Å². The molecule has 102 valence electrons. The topological polar surface area (TPSA) is 60.9 Å². The van der Waals surface area contributed by atoms with Crippen molar-refractivity contribution in [1.29, 1.82) is 0 Å². The van der Waals surface area contributed by atoms with Gasteiger partial charge in [-0.05, 0) is 12.8 Å². The van der Waals surface area contributed by atoms with Crippen LogP contribution in [0.15, 0.2) is 0 Å². The highest BCUT2D eigenvalue weighted by Crippen LogP contribution is 2.42. The van der Waals surface area contributed by atoms with E-state index in [2.05, 4.69) is 0 Å². The molecular formula is C10H13F3N2O3.